The highest BCUT2D eigenvalue weighted by atomic mass is 16.6. The second-order valence-electron chi connectivity index (χ2n) is 20.1. The van der Waals surface area contributed by atoms with Crippen LogP contribution in [0.5, 0.6) is 0 Å². The van der Waals surface area contributed by atoms with Crippen molar-refractivity contribution in [3.05, 3.63) is 0 Å². The molecule has 0 saturated carbocycles. The number of carbonyl (C=O) groups excluding carboxylic acids is 3. The molecule has 0 heterocycles. The van der Waals surface area contributed by atoms with Crippen LogP contribution >= 0.6 is 0 Å². The molecule has 0 unspecified atom stereocenters. The highest BCUT2D eigenvalue weighted by molar-refractivity contribution is 5.71. The molecule has 0 aliphatic rings. The van der Waals surface area contributed by atoms with E-state index in [-0.39, 0.29) is 31.1 Å². The maximum Gasteiger partial charge on any atom is 0.306 e. The van der Waals surface area contributed by atoms with Crippen molar-refractivity contribution in [3.63, 3.8) is 0 Å². The van der Waals surface area contributed by atoms with Gasteiger partial charge in [0.25, 0.3) is 0 Å². The summed E-state index contributed by atoms with van der Waals surface area (Å²) in [6, 6.07) is 0. The van der Waals surface area contributed by atoms with Crippen LogP contribution in [-0.2, 0) is 28.6 Å². The van der Waals surface area contributed by atoms with Gasteiger partial charge in [0.2, 0.25) is 0 Å². The summed E-state index contributed by atoms with van der Waals surface area (Å²) in [6.45, 7) is 9.05. The quantitative estimate of drug-likeness (QED) is 0.0344. The summed E-state index contributed by atoms with van der Waals surface area (Å²) in [5.41, 5.74) is 0. The molecule has 0 aromatic carbocycles. The molecule has 6 nitrogen and oxygen atoms in total. The van der Waals surface area contributed by atoms with Crippen molar-refractivity contribution < 1.29 is 28.6 Å². The Hall–Kier alpha value is -1.59. The van der Waals surface area contributed by atoms with Gasteiger partial charge in [0.15, 0.2) is 6.10 Å². The molecule has 1 atom stereocenters. The highest BCUT2D eigenvalue weighted by Gasteiger charge is 2.19. The van der Waals surface area contributed by atoms with E-state index in [4.69, 9.17) is 14.2 Å². The number of unbranched alkanes of at least 4 members (excludes halogenated alkanes) is 39. The summed E-state index contributed by atoms with van der Waals surface area (Å²) >= 11 is 0. The Morgan fingerprint density at radius 1 is 0.302 bits per heavy atom. The van der Waals surface area contributed by atoms with Crippen molar-refractivity contribution in [3.8, 4) is 0 Å². The first-order chi connectivity index (χ1) is 30.9. The van der Waals surface area contributed by atoms with E-state index in [1.54, 1.807) is 0 Å². The predicted octanol–water partition coefficient (Wildman–Crippen LogP) is 18.6. The van der Waals surface area contributed by atoms with Crippen LogP contribution < -0.4 is 0 Å². The molecular weight excluding hydrogens is 781 g/mol. The molecule has 0 aliphatic carbocycles. The standard InChI is InChI=1S/C57H110O6/c1-5-7-9-11-13-15-16-17-18-19-24-27-30-34-38-42-46-50-57(60)63-54(51-61-55(58)48-44-40-36-31-14-12-10-8-6-2)52-62-56(59)49-45-41-37-33-29-26-23-21-20-22-25-28-32-35-39-43-47-53(3)4/h53-54H,5-52H2,1-4H3/t54-/m1/s1. The topological polar surface area (TPSA) is 78.9 Å². The van der Waals surface area contributed by atoms with Crippen molar-refractivity contribution in [2.24, 2.45) is 5.92 Å². The molecular formula is C57H110O6. The van der Waals surface area contributed by atoms with Gasteiger partial charge in [-0.1, -0.05) is 285 Å². The molecule has 0 spiro atoms. The van der Waals surface area contributed by atoms with Crippen LogP contribution in [0.2, 0.25) is 0 Å². The molecule has 0 aliphatic heterocycles. The summed E-state index contributed by atoms with van der Waals surface area (Å²) in [5, 5.41) is 0. The molecule has 0 fully saturated rings. The lowest BCUT2D eigenvalue weighted by Gasteiger charge is -2.18. The summed E-state index contributed by atoms with van der Waals surface area (Å²) in [4.78, 5) is 38.0. The second-order valence-corrected chi connectivity index (χ2v) is 20.1. The molecule has 0 rings (SSSR count). The van der Waals surface area contributed by atoms with E-state index in [1.165, 1.54) is 218 Å². The van der Waals surface area contributed by atoms with E-state index in [1.807, 2.05) is 0 Å². The average molecular weight is 892 g/mol. The zero-order chi connectivity index (χ0) is 45.9. The van der Waals surface area contributed by atoms with Gasteiger partial charge in [-0.15, -0.1) is 0 Å². The van der Waals surface area contributed by atoms with Gasteiger partial charge in [0.05, 0.1) is 0 Å². The third-order valence-corrected chi connectivity index (χ3v) is 13.0. The number of hydrogen-bond donors (Lipinski definition) is 0. The van der Waals surface area contributed by atoms with Gasteiger partial charge in [-0.05, 0) is 25.2 Å². The molecule has 0 N–H and O–H groups in total. The minimum atomic E-state index is -0.760. The van der Waals surface area contributed by atoms with Gasteiger partial charge in [-0.25, -0.2) is 0 Å². The molecule has 6 heteroatoms. The largest absolute Gasteiger partial charge is 0.462 e. The van der Waals surface area contributed by atoms with Crippen LogP contribution in [0.4, 0.5) is 0 Å². The molecule has 374 valence electrons. The first-order valence-corrected chi connectivity index (χ1v) is 28.4. The van der Waals surface area contributed by atoms with Crippen molar-refractivity contribution in [2.45, 2.75) is 329 Å². The lowest BCUT2D eigenvalue weighted by molar-refractivity contribution is -0.167. The first kappa shape index (κ1) is 61.4. The third-order valence-electron chi connectivity index (χ3n) is 13.0. The Bertz CT molecular complexity index is 949. The van der Waals surface area contributed by atoms with Crippen molar-refractivity contribution in [2.75, 3.05) is 13.2 Å². The monoisotopic (exact) mass is 891 g/mol. The van der Waals surface area contributed by atoms with Crippen molar-refractivity contribution in [1.82, 2.24) is 0 Å². The maximum absolute atomic E-state index is 12.8. The zero-order valence-corrected chi connectivity index (χ0v) is 43.0. The lowest BCUT2D eigenvalue weighted by atomic mass is 10.0. The van der Waals surface area contributed by atoms with Crippen LogP contribution in [-0.4, -0.2) is 37.2 Å². The van der Waals surface area contributed by atoms with Gasteiger partial charge in [0, 0.05) is 19.3 Å². The summed E-state index contributed by atoms with van der Waals surface area (Å²) in [6.07, 6.45) is 55.3. The maximum atomic E-state index is 12.8. The van der Waals surface area contributed by atoms with Crippen molar-refractivity contribution in [1.29, 1.82) is 0 Å². The van der Waals surface area contributed by atoms with Gasteiger partial charge in [0.1, 0.15) is 13.2 Å². The molecule has 0 radical (unpaired) electrons. The van der Waals surface area contributed by atoms with Crippen LogP contribution in [0.15, 0.2) is 0 Å². The van der Waals surface area contributed by atoms with Gasteiger partial charge in [-0.3, -0.25) is 14.4 Å². The second kappa shape index (κ2) is 51.4. The minimum absolute atomic E-state index is 0.0621. The van der Waals surface area contributed by atoms with E-state index in [0.29, 0.717) is 19.3 Å². The number of hydrogen-bond acceptors (Lipinski definition) is 6. The number of rotatable bonds is 52. The van der Waals surface area contributed by atoms with Crippen LogP contribution in [0.3, 0.4) is 0 Å². The fraction of sp³-hybridized carbons (Fsp3) is 0.947. The number of esters is 3. The molecule has 0 amide bonds. The smallest absolute Gasteiger partial charge is 0.306 e. The lowest BCUT2D eigenvalue weighted by Crippen LogP contribution is -2.30. The van der Waals surface area contributed by atoms with Gasteiger partial charge < -0.3 is 14.2 Å². The Morgan fingerprint density at radius 2 is 0.524 bits per heavy atom. The van der Waals surface area contributed by atoms with Crippen LogP contribution in [0, 0.1) is 5.92 Å². The third kappa shape index (κ3) is 51.3. The Balaban J connectivity index is 4.21. The molecule has 0 bridgehead atoms. The normalized spacial score (nSPS) is 12.0. The van der Waals surface area contributed by atoms with E-state index in [0.717, 1.165) is 63.7 Å². The summed E-state index contributed by atoms with van der Waals surface area (Å²) in [7, 11) is 0. The fourth-order valence-electron chi connectivity index (χ4n) is 8.75. The fourth-order valence-corrected chi connectivity index (χ4v) is 8.75. The summed E-state index contributed by atoms with van der Waals surface area (Å²) in [5.74, 6) is 0.0130. The average Bonchev–Trinajstić information content (AvgIpc) is 3.27. The SMILES string of the molecule is CCCCCCCCCCCCCCCCCCCC(=O)O[C@H](COC(=O)CCCCCCCCCCC)COC(=O)CCCCCCCCCCCCCCCCCCC(C)C. The van der Waals surface area contributed by atoms with Crippen LogP contribution in [0.1, 0.15) is 323 Å². The highest BCUT2D eigenvalue weighted by Crippen LogP contribution is 2.18. The Kier molecular flexibility index (Phi) is 50.1. The van der Waals surface area contributed by atoms with E-state index in [2.05, 4.69) is 27.7 Å². The zero-order valence-electron chi connectivity index (χ0n) is 43.0. The number of carbonyl (C=O) groups is 3. The van der Waals surface area contributed by atoms with E-state index in [9.17, 15) is 14.4 Å². The van der Waals surface area contributed by atoms with Crippen LogP contribution in [0.25, 0.3) is 0 Å². The van der Waals surface area contributed by atoms with Crippen molar-refractivity contribution >= 4 is 17.9 Å². The first-order valence-electron chi connectivity index (χ1n) is 28.4. The molecule has 0 aromatic rings. The van der Waals surface area contributed by atoms with Gasteiger partial charge >= 0.3 is 17.9 Å². The molecule has 63 heavy (non-hydrogen) atoms. The summed E-state index contributed by atoms with van der Waals surface area (Å²) < 4.78 is 16.8. The number of ether oxygens (including phenoxy) is 3. The Labute approximate surface area is 393 Å². The molecule has 0 aromatic heterocycles. The van der Waals surface area contributed by atoms with Gasteiger partial charge in [-0.2, -0.15) is 0 Å². The van der Waals surface area contributed by atoms with E-state index >= 15 is 0 Å². The van der Waals surface area contributed by atoms with E-state index < -0.39 is 6.10 Å². The Morgan fingerprint density at radius 3 is 0.778 bits per heavy atom. The minimum Gasteiger partial charge on any atom is -0.462 e. The predicted molar refractivity (Wildman–Crippen MR) is 270 cm³/mol. The molecule has 0 saturated heterocycles.